The normalized spacial score (nSPS) is 22.9. The zero-order chi connectivity index (χ0) is 28.8. The molecule has 2 aromatic carbocycles. The van der Waals surface area contributed by atoms with Gasteiger partial charge in [-0.25, -0.2) is 0 Å². The van der Waals surface area contributed by atoms with Gasteiger partial charge in [0, 0.05) is 17.7 Å². The zero-order valence-electron chi connectivity index (χ0n) is 19.8. The lowest BCUT2D eigenvalue weighted by molar-refractivity contribution is -0.272. The van der Waals surface area contributed by atoms with Gasteiger partial charge in [-0.1, -0.05) is 0 Å². The predicted octanol–water partition coefficient (Wildman–Crippen LogP) is 0.220. The van der Waals surface area contributed by atoms with Crippen LogP contribution in [0.25, 0.3) is 22.3 Å². The van der Waals surface area contributed by atoms with Crippen molar-refractivity contribution < 1.29 is 69.1 Å². The molecule has 4 rings (SSSR count). The maximum absolute atomic E-state index is 13.4. The van der Waals surface area contributed by atoms with Crippen LogP contribution in [-0.2, 0) is 19.1 Å². The van der Waals surface area contributed by atoms with Gasteiger partial charge in [0.2, 0.25) is 17.5 Å². The number of aliphatic hydroxyl groups excluding tert-OH is 2. The largest absolute Gasteiger partial charge is 0.508 e. The van der Waals surface area contributed by atoms with Crippen LogP contribution in [0, 0.1) is 0 Å². The number of carboxylic acids is 1. The van der Waals surface area contributed by atoms with Crippen LogP contribution < -0.4 is 10.2 Å². The molecular formula is C24H22O15. The van der Waals surface area contributed by atoms with Gasteiger partial charge in [-0.05, 0) is 19.1 Å². The van der Waals surface area contributed by atoms with Gasteiger partial charge >= 0.3 is 11.9 Å². The van der Waals surface area contributed by atoms with E-state index in [1.165, 1.54) is 6.92 Å². The van der Waals surface area contributed by atoms with Crippen molar-refractivity contribution in [2.45, 2.75) is 44.1 Å². The van der Waals surface area contributed by atoms with Gasteiger partial charge < -0.3 is 59.5 Å². The number of esters is 1. The van der Waals surface area contributed by atoms with Crippen molar-refractivity contribution in [3.05, 3.63) is 34.5 Å². The van der Waals surface area contributed by atoms with Crippen LogP contribution in [0.1, 0.15) is 13.3 Å². The third kappa shape index (κ3) is 5.18. The van der Waals surface area contributed by atoms with E-state index in [0.717, 1.165) is 24.3 Å². The summed E-state index contributed by atoms with van der Waals surface area (Å²) in [6.07, 6.45) is -9.42. The molecule has 15 nitrogen and oxygen atoms in total. The van der Waals surface area contributed by atoms with E-state index in [4.69, 9.17) is 23.7 Å². The second-order valence-electron chi connectivity index (χ2n) is 8.62. The highest BCUT2D eigenvalue weighted by molar-refractivity contribution is 5.90. The fourth-order valence-corrected chi connectivity index (χ4v) is 4.00. The van der Waals surface area contributed by atoms with Crippen LogP contribution >= 0.6 is 0 Å². The topological polar surface area (TPSA) is 254 Å². The van der Waals surface area contributed by atoms with Crippen molar-refractivity contribution >= 4 is 22.9 Å². The molecule has 0 aliphatic carbocycles. The fraction of sp³-hybridized carbons (Fsp3) is 0.292. The van der Waals surface area contributed by atoms with E-state index in [9.17, 15) is 50.1 Å². The monoisotopic (exact) mass is 550 g/mol. The molecule has 3 aromatic rings. The van der Waals surface area contributed by atoms with Crippen molar-refractivity contribution in [2.75, 3.05) is 0 Å². The average molecular weight is 550 g/mol. The van der Waals surface area contributed by atoms with Crippen LogP contribution in [0.15, 0.2) is 33.5 Å². The number of aromatic hydroxyl groups is 5. The van der Waals surface area contributed by atoms with Crippen LogP contribution in [0.2, 0.25) is 0 Å². The summed E-state index contributed by atoms with van der Waals surface area (Å²) >= 11 is 0. The molecule has 39 heavy (non-hydrogen) atoms. The lowest BCUT2D eigenvalue weighted by Gasteiger charge is -2.40. The van der Waals surface area contributed by atoms with Crippen molar-refractivity contribution in [3.63, 3.8) is 0 Å². The first-order chi connectivity index (χ1) is 18.3. The summed E-state index contributed by atoms with van der Waals surface area (Å²) in [6.45, 7) is 1.30. The lowest BCUT2D eigenvalue weighted by atomic mass is 9.99. The Kier molecular flexibility index (Phi) is 7.14. The molecule has 0 saturated carbocycles. The number of carbonyl (C=O) groups is 2. The van der Waals surface area contributed by atoms with E-state index >= 15 is 0 Å². The summed E-state index contributed by atoms with van der Waals surface area (Å²) in [5, 5.41) is 79.2. The maximum Gasteiger partial charge on any atom is 0.317 e. The molecule has 8 N–H and O–H groups in total. The molecule has 1 fully saturated rings. The van der Waals surface area contributed by atoms with Crippen molar-refractivity contribution in [1.82, 2.24) is 0 Å². The number of hydrogen-bond donors (Lipinski definition) is 8. The molecule has 0 amide bonds. The fourth-order valence-electron chi connectivity index (χ4n) is 4.00. The zero-order valence-corrected chi connectivity index (χ0v) is 19.8. The summed E-state index contributed by atoms with van der Waals surface area (Å²) in [6, 6.07) is 3.61. The minimum absolute atomic E-state index is 0.237. The van der Waals surface area contributed by atoms with Crippen LogP contribution in [0.4, 0.5) is 0 Å². The Balaban J connectivity index is 1.78. The first-order valence-electron chi connectivity index (χ1n) is 11.2. The summed E-state index contributed by atoms with van der Waals surface area (Å²) in [4.78, 5) is 35.9. The Morgan fingerprint density at radius 3 is 2.21 bits per heavy atom. The first kappa shape index (κ1) is 27.3. The molecule has 208 valence electrons. The standard InChI is InChI=1S/C24H22O15/c1-7-21(38-15(31)6-14(29)30)19(34)20(35)24(36-7)39-23-18(33)16-10(26)4-9(25)5-13(16)37-22(23)8-2-11(27)17(32)12(28)3-8/h2-5,7,19-21,24-28,32,34-35H,6H2,1H3,(H,29,30)/t7?,19?,20-,21-,24-/m0/s1. The number of rotatable bonds is 6. The van der Waals surface area contributed by atoms with Gasteiger partial charge in [0.1, 0.15) is 41.1 Å². The van der Waals surface area contributed by atoms with E-state index in [-0.39, 0.29) is 11.1 Å². The Morgan fingerprint density at radius 2 is 1.59 bits per heavy atom. The number of hydrogen-bond acceptors (Lipinski definition) is 14. The number of ether oxygens (including phenoxy) is 3. The minimum Gasteiger partial charge on any atom is -0.508 e. The minimum atomic E-state index is -1.98. The van der Waals surface area contributed by atoms with Crippen LogP contribution in [-0.4, -0.2) is 83.5 Å². The summed E-state index contributed by atoms with van der Waals surface area (Å²) in [5.41, 5.74) is -1.65. The number of fused-ring (bicyclic) bond motifs is 1. The number of phenolic OH excluding ortho intramolecular Hbond substituents is 5. The molecule has 2 heterocycles. The van der Waals surface area contributed by atoms with Gasteiger partial charge in [-0.2, -0.15) is 0 Å². The Bertz CT molecular complexity index is 1490. The summed E-state index contributed by atoms with van der Waals surface area (Å²) in [7, 11) is 0. The number of aliphatic carboxylic acids is 1. The number of carboxylic acid groups (broad SMARTS) is 1. The van der Waals surface area contributed by atoms with Gasteiger partial charge in [-0.15, -0.1) is 0 Å². The van der Waals surface area contributed by atoms with Gasteiger partial charge in [0.05, 0.1) is 6.10 Å². The van der Waals surface area contributed by atoms with E-state index in [1.807, 2.05) is 0 Å². The maximum atomic E-state index is 13.4. The third-order valence-electron chi connectivity index (χ3n) is 5.82. The molecular weight excluding hydrogens is 528 g/mol. The van der Waals surface area contributed by atoms with E-state index < -0.39 is 100 Å². The predicted molar refractivity (Wildman–Crippen MR) is 125 cm³/mol. The van der Waals surface area contributed by atoms with Gasteiger partial charge in [0.15, 0.2) is 29.1 Å². The molecule has 0 spiro atoms. The van der Waals surface area contributed by atoms with E-state index in [1.54, 1.807) is 0 Å². The Labute approximate surface area is 216 Å². The molecule has 0 radical (unpaired) electrons. The number of aliphatic hydroxyl groups is 2. The first-order valence-corrected chi connectivity index (χ1v) is 11.2. The molecule has 15 heteroatoms. The van der Waals surface area contributed by atoms with Crippen molar-refractivity contribution in [1.29, 1.82) is 0 Å². The molecule has 1 aromatic heterocycles. The summed E-state index contributed by atoms with van der Waals surface area (Å²) < 4.78 is 21.6. The van der Waals surface area contributed by atoms with Gasteiger partial charge in [0.25, 0.3) is 0 Å². The molecule has 0 bridgehead atoms. The average Bonchev–Trinajstić information content (AvgIpc) is 2.83. The van der Waals surface area contributed by atoms with E-state index in [0.29, 0.717) is 0 Å². The number of phenols is 5. The Hall–Kier alpha value is -4.73. The van der Waals surface area contributed by atoms with Gasteiger partial charge in [-0.3, -0.25) is 14.4 Å². The Morgan fingerprint density at radius 1 is 0.949 bits per heavy atom. The number of carbonyl (C=O) groups excluding carboxylic acids is 1. The second-order valence-corrected chi connectivity index (χ2v) is 8.62. The van der Waals surface area contributed by atoms with Crippen molar-refractivity contribution in [3.8, 4) is 45.8 Å². The second kappa shape index (κ2) is 10.2. The summed E-state index contributed by atoms with van der Waals surface area (Å²) in [5.74, 6) is -7.68. The molecule has 1 aliphatic heterocycles. The van der Waals surface area contributed by atoms with E-state index in [2.05, 4.69) is 0 Å². The third-order valence-corrected chi connectivity index (χ3v) is 5.82. The SMILES string of the molecule is CC1O[C@@H](Oc2c(-c3cc(O)c(O)c(O)c3)oc3cc(O)cc(O)c3c2=O)[C@@H](O)C(O)[C@H]1OC(=O)CC(=O)O. The quantitative estimate of drug-likeness (QED) is 0.116. The van der Waals surface area contributed by atoms with Crippen LogP contribution in [0.5, 0.6) is 34.5 Å². The highest BCUT2D eigenvalue weighted by Crippen LogP contribution is 2.43. The van der Waals surface area contributed by atoms with Crippen molar-refractivity contribution in [2.24, 2.45) is 0 Å². The highest BCUT2D eigenvalue weighted by atomic mass is 16.7. The smallest absolute Gasteiger partial charge is 0.317 e. The molecule has 1 aliphatic rings. The lowest BCUT2D eigenvalue weighted by Crippen LogP contribution is -2.59. The molecule has 1 saturated heterocycles. The molecule has 2 unspecified atom stereocenters. The molecule has 5 atom stereocenters. The number of benzene rings is 2. The van der Waals surface area contributed by atoms with Crippen LogP contribution in [0.3, 0.4) is 0 Å². The highest BCUT2D eigenvalue weighted by Gasteiger charge is 2.47.